The molecule has 0 amide bonds. The summed E-state index contributed by atoms with van der Waals surface area (Å²) >= 11 is 4.27. The molecule has 0 aromatic heterocycles. The molecule has 0 bridgehead atoms. The lowest BCUT2D eigenvalue weighted by atomic mass is 10.1. The van der Waals surface area contributed by atoms with Gasteiger partial charge in [0.15, 0.2) is 11.7 Å². The Labute approximate surface area is 165 Å². The second-order valence-electron chi connectivity index (χ2n) is 4.73. The molecule has 0 aliphatic carbocycles. The average Bonchev–Trinajstić information content (AvgIpc) is 2.59. The number of hydrogen-bond donors (Lipinski definition) is 4. The molecule has 0 fully saturated rings. The van der Waals surface area contributed by atoms with Gasteiger partial charge in [0.1, 0.15) is 12.4 Å². The molecular formula is C15H14I2N4O3. The zero-order valence-electron chi connectivity index (χ0n) is 12.3. The highest BCUT2D eigenvalue weighted by atomic mass is 127. The van der Waals surface area contributed by atoms with Crippen LogP contribution in [0.25, 0.3) is 0 Å². The van der Waals surface area contributed by atoms with Crippen molar-refractivity contribution < 1.29 is 15.2 Å². The maximum absolute atomic E-state index is 8.77. The van der Waals surface area contributed by atoms with E-state index >= 15 is 0 Å². The summed E-state index contributed by atoms with van der Waals surface area (Å²) in [5.41, 5.74) is 13.3. The van der Waals surface area contributed by atoms with Crippen LogP contribution >= 0.6 is 45.2 Å². The van der Waals surface area contributed by atoms with Crippen LogP contribution in [0.15, 0.2) is 46.7 Å². The molecule has 6 N–H and O–H groups in total. The molecule has 0 unspecified atom stereocenters. The van der Waals surface area contributed by atoms with Gasteiger partial charge in [-0.3, -0.25) is 0 Å². The van der Waals surface area contributed by atoms with Gasteiger partial charge in [0.05, 0.1) is 7.14 Å². The zero-order valence-corrected chi connectivity index (χ0v) is 16.6. The first kappa shape index (κ1) is 18.6. The van der Waals surface area contributed by atoms with Crippen LogP contribution in [0.4, 0.5) is 0 Å². The molecule has 9 heteroatoms. The van der Waals surface area contributed by atoms with Crippen molar-refractivity contribution in [1.82, 2.24) is 0 Å². The van der Waals surface area contributed by atoms with Crippen molar-refractivity contribution in [2.75, 3.05) is 0 Å². The number of oxime groups is 2. The van der Waals surface area contributed by atoms with Crippen LogP contribution in [0, 0.1) is 7.14 Å². The van der Waals surface area contributed by atoms with E-state index in [-0.39, 0.29) is 11.7 Å². The van der Waals surface area contributed by atoms with Crippen molar-refractivity contribution in [3.05, 3.63) is 60.2 Å². The minimum absolute atomic E-state index is 0.0452. The maximum atomic E-state index is 8.77. The van der Waals surface area contributed by atoms with Crippen LogP contribution in [0.1, 0.15) is 16.7 Å². The van der Waals surface area contributed by atoms with Crippen molar-refractivity contribution in [3.63, 3.8) is 0 Å². The number of amidine groups is 2. The van der Waals surface area contributed by atoms with Crippen molar-refractivity contribution in [3.8, 4) is 5.75 Å². The first-order valence-corrected chi connectivity index (χ1v) is 8.78. The van der Waals surface area contributed by atoms with E-state index in [0.717, 1.165) is 12.7 Å². The van der Waals surface area contributed by atoms with Crippen LogP contribution in [0.2, 0.25) is 0 Å². The Morgan fingerprint density at radius 1 is 0.958 bits per heavy atom. The lowest BCUT2D eigenvalue weighted by molar-refractivity contribution is 0.301. The molecule has 126 valence electrons. The SMILES string of the molecule is N/C(=N\O)c1cccc(COc2c(I)cc(/C(N)=N/O)cc2I)c1. The molecular weight excluding hydrogens is 538 g/mol. The fourth-order valence-corrected chi connectivity index (χ4v) is 4.02. The van der Waals surface area contributed by atoms with Gasteiger partial charge in [-0.05, 0) is 68.9 Å². The van der Waals surface area contributed by atoms with Gasteiger partial charge >= 0.3 is 0 Å². The number of rotatable bonds is 5. The van der Waals surface area contributed by atoms with Gasteiger partial charge in [-0.2, -0.15) is 0 Å². The predicted molar refractivity (Wildman–Crippen MR) is 108 cm³/mol. The summed E-state index contributed by atoms with van der Waals surface area (Å²) in [4.78, 5) is 0. The van der Waals surface area contributed by atoms with Gasteiger partial charge < -0.3 is 26.6 Å². The molecule has 0 atom stereocenters. The lowest BCUT2D eigenvalue weighted by Gasteiger charge is -2.12. The van der Waals surface area contributed by atoms with Gasteiger partial charge in [0, 0.05) is 11.1 Å². The van der Waals surface area contributed by atoms with Crippen molar-refractivity contribution in [1.29, 1.82) is 0 Å². The Morgan fingerprint density at radius 2 is 1.54 bits per heavy atom. The summed E-state index contributed by atoms with van der Waals surface area (Å²) < 4.78 is 7.57. The average molecular weight is 552 g/mol. The highest BCUT2D eigenvalue weighted by Gasteiger charge is 2.12. The van der Waals surface area contributed by atoms with E-state index < -0.39 is 0 Å². The van der Waals surface area contributed by atoms with Crippen molar-refractivity contribution in [2.24, 2.45) is 21.8 Å². The van der Waals surface area contributed by atoms with E-state index in [0.29, 0.717) is 23.5 Å². The smallest absolute Gasteiger partial charge is 0.170 e. The predicted octanol–water partition coefficient (Wildman–Crippen LogP) is 2.66. The van der Waals surface area contributed by atoms with Gasteiger partial charge in [-0.1, -0.05) is 28.5 Å². The highest BCUT2D eigenvalue weighted by molar-refractivity contribution is 14.1. The molecule has 0 aliphatic heterocycles. The van der Waals surface area contributed by atoms with E-state index in [2.05, 4.69) is 55.5 Å². The highest BCUT2D eigenvalue weighted by Crippen LogP contribution is 2.29. The summed E-state index contributed by atoms with van der Waals surface area (Å²) in [5, 5.41) is 23.5. The summed E-state index contributed by atoms with van der Waals surface area (Å²) in [6.45, 7) is 0.321. The number of halogens is 2. The zero-order chi connectivity index (χ0) is 17.7. The van der Waals surface area contributed by atoms with E-state index in [1.54, 1.807) is 24.3 Å². The molecule has 0 saturated carbocycles. The normalized spacial score (nSPS) is 12.2. The first-order chi connectivity index (χ1) is 11.5. The Morgan fingerprint density at radius 3 is 2.12 bits per heavy atom. The molecule has 0 radical (unpaired) electrons. The second kappa shape index (κ2) is 8.37. The van der Waals surface area contributed by atoms with Gasteiger partial charge in [-0.15, -0.1) is 0 Å². The van der Waals surface area contributed by atoms with E-state index in [1.165, 1.54) is 0 Å². The quantitative estimate of drug-likeness (QED) is 0.149. The molecule has 0 spiro atoms. The summed E-state index contributed by atoms with van der Waals surface area (Å²) in [6.07, 6.45) is 0. The molecule has 7 nitrogen and oxygen atoms in total. The van der Waals surface area contributed by atoms with Gasteiger partial charge in [-0.25, -0.2) is 0 Å². The van der Waals surface area contributed by atoms with E-state index in [9.17, 15) is 0 Å². The second-order valence-corrected chi connectivity index (χ2v) is 7.05. The van der Waals surface area contributed by atoms with E-state index in [4.69, 9.17) is 26.6 Å². The molecule has 0 aliphatic rings. The van der Waals surface area contributed by atoms with Crippen LogP contribution in [-0.2, 0) is 6.61 Å². The molecule has 24 heavy (non-hydrogen) atoms. The third-order valence-corrected chi connectivity index (χ3v) is 4.72. The number of hydrogen-bond acceptors (Lipinski definition) is 5. The Kier molecular flexibility index (Phi) is 6.48. The number of ether oxygens (including phenoxy) is 1. The Balaban J connectivity index is 2.21. The van der Waals surface area contributed by atoms with Crippen molar-refractivity contribution in [2.45, 2.75) is 6.61 Å². The van der Waals surface area contributed by atoms with Crippen LogP contribution < -0.4 is 16.2 Å². The van der Waals surface area contributed by atoms with Crippen molar-refractivity contribution >= 4 is 56.9 Å². The summed E-state index contributed by atoms with van der Waals surface area (Å²) in [7, 11) is 0. The Bertz CT molecular complexity index is 786. The largest absolute Gasteiger partial charge is 0.487 e. The number of nitrogens with zero attached hydrogens (tertiary/aromatic N) is 2. The fraction of sp³-hybridized carbons (Fsp3) is 0.0667. The lowest BCUT2D eigenvalue weighted by Crippen LogP contribution is -2.14. The topological polar surface area (TPSA) is 126 Å². The molecule has 0 heterocycles. The third-order valence-electron chi connectivity index (χ3n) is 3.12. The maximum Gasteiger partial charge on any atom is 0.170 e. The number of benzene rings is 2. The minimum atomic E-state index is 0.0452. The van der Waals surface area contributed by atoms with Crippen LogP contribution in [0.3, 0.4) is 0 Å². The third kappa shape index (κ3) is 4.41. The molecule has 0 saturated heterocycles. The first-order valence-electron chi connectivity index (χ1n) is 6.62. The summed E-state index contributed by atoms with van der Waals surface area (Å²) in [6, 6.07) is 10.8. The van der Waals surface area contributed by atoms with E-state index in [1.807, 2.05) is 12.1 Å². The minimum Gasteiger partial charge on any atom is -0.487 e. The molecule has 2 rings (SSSR count). The fourth-order valence-electron chi connectivity index (χ4n) is 1.94. The number of nitrogens with two attached hydrogens (primary N) is 2. The summed E-state index contributed by atoms with van der Waals surface area (Å²) in [5.74, 6) is 0.799. The molecule has 2 aromatic carbocycles. The van der Waals surface area contributed by atoms with Gasteiger partial charge in [0.2, 0.25) is 0 Å². The molecule has 2 aromatic rings. The van der Waals surface area contributed by atoms with Gasteiger partial charge in [0.25, 0.3) is 0 Å². The monoisotopic (exact) mass is 552 g/mol. The van der Waals surface area contributed by atoms with Crippen LogP contribution in [0.5, 0.6) is 5.75 Å². The standard InChI is InChI=1S/C15H14I2N4O3/c16-11-5-10(15(19)21-23)6-12(17)13(11)24-7-8-2-1-3-9(4-8)14(18)20-22/h1-6,22-23H,7H2,(H2,18,20)(H2,19,21). The van der Waals surface area contributed by atoms with Crippen LogP contribution in [-0.4, -0.2) is 22.1 Å². The Hall–Kier alpha value is -1.76.